The Morgan fingerprint density at radius 2 is 1.00 bits per heavy atom. The standard InChI is InChI=1S/Au.In.H2O.Sn.5H/h;;1H2;;;;;;. The van der Waals surface area contributed by atoms with Gasteiger partial charge >= 0.3 is 49.8 Å². The van der Waals surface area contributed by atoms with Crippen molar-refractivity contribution in [3.8, 4) is 0 Å². The molecule has 0 aliphatic heterocycles. The van der Waals surface area contributed by atoms with Gasteiger partial charge in [-0.25, -0.2) is 0 Å². The van der Waals surface area contributed by atoms with Gasteiger partial charge in [0, 0.05) is 22.4 Å². The molecule has 0 atom stereocenters. The van der Waals surface area contributed by atoms with Gasteiger partial charge in [0.05, 0.1) is 0 Å². The van der Waals surface area contributed by atoms with Gasteiger partial charge in [0.15, 0.2) is 0 Å². The molecular formula is H7AuInOSn. The zero-order valence-corrected chi connectivity index (χ0v) is 7.71. The van der Waals surface area contributed by atoms with E-state index in [-0.39, 0.29) is 77.6 Å². The molecule has 0 amide bonds. The van der Waals surface area contributed by atoms with E-state index in [4.69, 9.17) is 0 Å². The molecule has 0 aromatic rings. The van der Waals surface area contributed by atoms with Gasteiger partial charge in [-0.3, -0.25) is 0 Å². The molecule has 4 heteroatoms. The normalized spacial score (nSPS) is 0. The number of rotatable bonds is 0. The molecule has 0 aliphatic rings. The van der Waals surface area contributed by atoms with Crippen molar-refractivity contribution in [2.75, 3.05) is 0 Å². The third-order valence-electron chi connectivity index (χ3n) is 0. The van der Waals surface area contributed by atoms with Gasteiger partial charge < -0.3 is 5.48 Å². The molecule has 1 nitrogen and oxygen atoms in total. The molecule has 0 spiro atoms. The first-order chi connectivity index (χ1) is 0. The molecule has 0 fully saturated rings. The first-order valence-electron chi connectivity index (χ1n) is 0. The van der Waals surface area contributed by atoms with Crippen LogP contribution in [0.15, 0.2) is 0 Å². The average molecular weight is 454 g/mol. The van der Waals surface area contributed by atoms with Gasteiger partial charge in [0.25, 0.3) is 0 Å². The van der Waals surface area contributed by atoms with E-state index in [1.807, 2.05) is 0 Å². The van der Waals surface area contributed by atoms with Crippen molar-refractivity contribution in [1.29, 1.82) is 0 Å². The van der Waals surface area contributed by atoms with E-state index < -0.39 is 0 Å². The second kappa shape index (κ2) is 18.3. The second-order valence-corrected chi connectivity index (χ2v) is 0. The van der Waals surface area contributed by atoms with Crippen molar-refractivity contribution in [3.63, 3.8) is 0 Å². The SMILES string of the molecule is O.[Au].[InH3].[SnH2]. The summed E-state index contributed by atoms with van der Waals surface area (Å²) in [7, 11) is 0. The Labute approximate surface area is 76.5 Å². The summed E-state index contributed by atoms with van der Waals surface area (Å²) in [4.78, 5) is 0. The second-order valence-electron chi connectivity index (χ2n) is 0. The first-order valence-corrected chi connectivity index (χ1v) is 0. The maximum atomic E-state index is 0. The maximum absolute atomic E-state index is 0. The first kappa shape index (κ1) is 32.7. The summed E-state index contributed by atoms with van der Waals surface area (Å²) in [5, 5.41) is 0. The van der Waals surface area contributed by atoms with E-state index in [9.17, 15) is 0 Å². The fraction of sp³-hybridized carbons (Fsp3) is 0. The molecule has 0 heterocycles. The molecule has 3 radical (unpaired) electrons. The van der Waals surface area contributed by atoms with Crippen LogP contribution in [0.4, 0.5) is 0 Å². The summed E-state index contributed by atoms with van der Waals surface area (Å²) < 4.78 is 0. The molecule has 0 aromatic carbocycles. The van der Waals surface area contributed by atoms with Crippen LogP contribution < -0.4 is 0 Å². The third-order valence-corrected chi connectivity index (χ3v) is 0. The van der Waals surface area contributed by atoms with E-state index in [0.717, 1.165) is 0 Å². The van der Waals surface area contributed by atoms with Crippen molar-refractivity contribution in [3.05, 3.63) is 0 Å². The van der Waals surface area contributed by atoms with Crippen molar-refractivity contribution < 1.29 is 27.9 Å². The van der Waals surface area contributed by atoms with Gasteiger partial charge in [0.2, 0.25) is 0 Å². The van der Waals surface area contributed by atoms with E-state index in [2.05, 4.69) is 0 Å². The van der Waals surface area contributed by atoms with Crippen LogP contribution in [-0.2, 0) is 22.4 Å². The molecule has 0 aliphatic carbocycles. The Morgan fingerprint density at radius 3 is 1.00 bits per heavy atom. The molecule has 0 aromatic heterocycles. The zero-order valence-electron chi connectivity index (χ0n) is 1.51. The number of hydrogen-bond donors (Lipinski definition) is 0. The Balaban J connectivity index is 0. The van der Waals surface area contributed by atoms with E-state index in [1.54, 1.807) is 0 Å². The molecule has 0 rings (SSSR count). The Kier molecular flexibility index (Phi) is 149. The van der Waals surface area contributed by atoms with Crippen LogP contribution in [0.1, 0.15) is 0 Å². The van der Waals surface area contributed by atoms with Crippen LogP contribution >= 0.6 is 0 Å². The third kappa shape index (κ3) is 8.84. The molecule has 2 N–H and O–H groups in total. The van der Waals surface area contributed by atoms with Crippen molar-refractivity contribution in [2.24, 2.45) is 0 Å². The number of hydrogen-bond acceptors (Lipinski definition) is 0. The Bertz CT molecular complexity index is 8.00. The predicted molar refractivity (Wildman–Crippen MR) is 22.1 cm³/mol. The van der Waals surface area contributed by atoms with E-state index in [1.165, 1.54) is 0 Å². The fourth-order valence-corrected chi connectivity index (χ4v) is 0. The zero-order chi connectivity index (χ0) is 0. The molecular weight excluding hydrogens is 446 g/mol. The molecule has 0 unspecified atom stereocenters. The molecule has 0 saturated carbocycles. The van der Waals surface area contributed by atoms with Gasteiger partial charge in [0.1, 0.15) is 0 Å². The Hall–Kier alpha value is 2.37. The Morgan fingerprint density at radius 1 is 1.00 bits per heavy atom. The topological polar surface area (TPSA) is 31.5 Å². The van der Waals surface area contributed by atoms with Crippen LogP contribution in [0.25, 0.3) is 0 Å². The molecule has 0 bridgehead atoms. The molecule has 0 saturated heterocycles. The van der Waals surface area contributed by atoms with Crippen molar-refractivity contribution in [2.45, 2.75) is 0 Å². The van der Waals surface area contributed by atoms with Gasteiger partial charge in [-0.05, 0) is 0 Å². The summed E-state index contributed by atoms with van der Waals surface area (Å²) in [5.74, 6) is 0. The summed E-state index contributed by atoms with van der Waals surface area (Å²) >= 11 is 0. The van der Waals surface area contributed by atoms with Crippen LogP contribution in [0.3, 0.4) is 0 Å². The van der Waals surface area contributed by atoms with Gasteiger partial charge in [-0.15, -0.1) is 0 Å². The van der Waals surface area contributed by atoms with Crippen LogP contribution in [-0.4, -0.2) is 55.2 Å². The van der Waals surface area contributed by atoms with Gasteiger partial charge in [-0.1, -0.05) is 0 Å². The van der Waals surface area contributed by atoms with E-state index in [0.29, 0.717) is 0 Å². The summed E-state index contributed by atoms with van der Waals surface area (Å²) in [6.07, 6.45) is 0. The van der Waals surface area contributed by atoms with Crippen LogP contribution in [0.5, 0.6) is 0 Å². The predicted octanol–water partition coefficient (Wildman–Crippen LogP) is -2.93. The average Bonchev–Trinajstić information content (AvgIpc) is 0. The monoisotopic (exact) mass is 455 g/mol. The summed E-state index contributed by atoms with van der Waals surface area (Å²) in [6.45, 7) is 0. The quantitative estimate of drug-likeness (QED) is 0.352. The minimum absolute atomic E-state index is 0. The van der Waals surface area contributed by atoms with Crippen molar-refractivity contribution in [1.82, 2.24) is 0 Å². The van der Waals surface area contributed by atoms with Crippen molar-refractivity contribution >= 4 is 49.8 Å². The summed E-state index contributed by atoms with van der Waals surface area (Å²) in [5.41, 5.74) is 0. The fourth-order valence-electron chi connectivity index (χ4n) is 0. The minimum atomic E-state index is 0. The summed E-state index contributed by atoms with van der Waals surface area (Å²) in [6, 6.07) is 0. The van der Waals surface area contributed by atoms with Gasteiger partial charge in [-0.2, -0.15) is 0 Å². The van der Waals surface area contributed by atoms with E-state index >= 15 is 0 Å². The van der Waals surface area contributed by atoms with Crippen LogP contribution in [0.2, 0.25) is 0 Å². The van der Waals surface area contributed by atoms with Crippen LogP contribution in [0, 0.1) is 0 Å². The molecule has 31 valence electrons. The molecule has 4 heavy (non-hydrogen) atoms.